The Balaban J connectivity index is 2.28. The fourth-order valence-corrected chi connectivity index (χ4v) is 4.05. The maximum Gasteiger partial charge on any atom is 0.407 e. The first-order chi connectivity index (χ1) is 12.3. The highest BCUT2D eigenvalue weighted by Crippen LogP contribution is 2.44. The van der Waals surface area contributed by atoms with Crippen molar-refractivity contribution in [2.24, 2.45) is 5.41 Å². The van der Waals surface area contributed by atoms with Crippen molar-refractivity contribution in [3.63, 3.8) is 0 Å². The predicted molar refractivity (Wildman–Crippen MR) is 106 cm³/mol. The molecule has 0 aliphatic carbocycles. The fourth-order valence-electron chi connectivity index (χ4n) is 3.69. The molecule has 27 heavy (non-hydrogen) atoms. The minimum atomic E-state index is -0.911. The Hall–Kier alpha value is -1.75. The van der Waals surface area contributed by atoms with E-state index in [0.717, 1.165) is 16.7 Å². The standard InChI is InChI=1S/C21H30ClNO4/c1-20(2,3)18-15-9-7-13(8-10-16(24)27-21(4,5)6)17(22)14(15)11-12-23(18)19(25)26/h7,9,18H,8,10-12H2,1-6H3,(H,25,26). The lowest BCUT2D eigenvalue weighted by Gasteiger charge is -2.43. The van der Waals surface area contributed by atoms with Crippen LogP contribution < -0.4 is 0 Å². The summed E-state index contributed by atoms with van der Waals surface area (Å²) in [6, 6.07) is 3.63. The van der Waals surface area contributed by atoms with Gasteiger partial charge < -0.3 is 14.7 Å². The summed E-state index contributed by atoms with van der Waals surface area (Å²) < 4.78 is 5.36. The fraction of sp³-hybridized carbons (Fsp3) is 0.619. The molecule has 0 saturated carbocycles. The van der Waals surface area contributed by atoms with E-state index in [2.05, 4.69) is 0 Å². The van der Waals surface area contributed by atoms with Crippen LogP contribution >= 0.6 is 11.6 Å². The van der Waals surface area contributed by atoms with Gasteiger partial charge in [0.25, 0.3) is 0 Å². The van der Waals surface area contributed by atoms with E-state index in [1.54, 1.807) is 0 Å². The molecular weight excluding hydrogens is 366 g/mol. The van der Waals surface area contributed by atoms with E-state index in [9.17, 15) is 14.7 Å². The molecule has 0 bridgehead atoms. The third-order valence-electron chi connectivity index (χ3n) is 4.65. The Morgan fingerprint density at radius 3 is 2.37 bits per heavy atom. The molecule has 1 heterocycles. The minimum Gasteiger partial charge on any atom is -0.465 e. The summed E-state index contributed by atoms with van der Waals surface area (Å²) in [5.41, 5.74) is 2.10. The second kappa shape index (κ2) is 7.70. The first-order valence-electron chi connectivity index (χ1n) is 9.33. The number of hydrogen-bond acceptors (Lipinski definition) is 3. The van der Waals surface area contributed by atoms with E-state index < -0.39 is 11.7 Å². The SMILES string of the molecule is CC(C)(C)OC(=O)CCc1ccc2c(c1Cl)CCN(C(=O)O)C2C(C)(C)C. The van der Waals surface area contributed by atoms with Gasteiger partial charge in [-0.3, -0.25) is 4.79 Å². The van der Waals surface area contributed by atoms with Gasteiger partial charge in [0.15, 0.2) is 0 Å². The van der Waals surface area contributed by atoms with Crippen molar-refractivity contribution in [2.75, 3.05) is 6.54 Å². The van der Waals surface area contributed by atoms with Crippen LogP contribution in [0.2, 0.25) is 5.02 Å². The highest BCUT2D eigenvalue weighted by Gasteiger charge is 2.39. The Labute approximate surface area is 166 Å². The topological polar surface area (TPSA) is 66.8 Å². The van der Waals surface area contributed by atoms with E-state index in [0.29, 0.717) is 24.4 Å². The molecule has 1 unspecified atom stereocenters. The average Bonchev–Trinajstić information content (AvgIpc) is 2.50. The highest BCUT2D eigenvalue weighted by atomic mass is 35.5. The summed E-state index contributed by atoms with van der Waals surface area (Å²) >= 11 is 6.67. The molecule has 1 aromatic carbocycles. The Bertz CT molecular complexity index is 731. The van der Waals surface area contributed by atoms with Gasteiger partial charge in [0.1, 0.15) is 5.60 Å². The van der Waals surface area contributed by atoms with Crippen molar-refractivity contribution in [3.05, 3.63) is 33.8 Å². The lowest BCUT2D eigenvalue weighted by Crippen LogP contribution is -2.44. The number of rotatable bonds is 3. The molecule has 0 saturated heterocycles. The maximum absolute atomic E-state index is 12.0. The van der Waals surface area contributed by atoms with Gasteiger partial charge in [-0.15, -0.1) is 0 Å². The summed E-state index contributed by atoms with van der Waals surface area (Å²) in [4.78, 5) is 25.2. The largest absolute Gasteiger partial charge is 0.465 e. The van der Waals surface area contributed by atoms with Gasteiger partial charge in [0.2, 0.25) is 0 Å². The number of hydrogen-bond donors (Lipinski definition) is 1. The van der Waals surface area contributed by atoms with Crippen LogP contribution in [0.3, 0.4) is 0 Å². The van der Waals surface area contributed by atoms with E-state index in [-0.39, 0.29) is 23.8 Å². The molecule has 1 N–H and O–H groups in total. The van der Waals surface area contributed by atoms with E-state index >= 15 is 0 Å². The van der Waals surface area contributed by atoms with Crippen LogP contribution in [0.1, 0.15) is 70.7 Å². The number of carbonyl (C=O) groups is 2. The number of aryl methyl sites for hydroxylation is 1. The molecule has 1 amide bonds. The van der Waals surface area contributed by atoms with E-state index in [4.69, 9.17) is 16.3 Å². The Morgan fingerprint density at radius 2 is 1.85 bits per heavy atom. The lowest BCUT2D eigenvalue weighted by atomic mass is 9.76. The quantitative estimate of drug-likeness (QED) is 0.711. The lowest BCUT2D eigenvalue weighted by molar-refractivity contribution is -0.154. The molecular formula is C21H30ClNO4. The van der Waals surface area contributed by atoms with Crippen molar-refractivity contribution in [1.29, 1.82) is 0 Å². The van der Waals surface area contributed by atoms with Crippen LogP contribution in [0.5, 0.6) is 0 Å². The van der Waals surface area contributed by atoms with Gasteiger partial charge in [-0.2, -0.15) is 0 Å². The number of fused-ring (bicyclic) bond motifs is 1. The molecule has 1 aliphatic heterocycles. The summed E-state index contributed by atoms with van der Waals surface area (Å²) in [6.07, 6.45) is 0.433. The zero-order chi connectivity index (χ0) is 20.6. The van der Waals surface area contributed by atoms with Crippen LogP contribution in [-0.2, 0) is 22.4 Å². The number of esters is 1. The monoisotopic (exact) mass is 395 g/mol. The number of carbonyl (C=O) groups excluding carboxylic acids is 1. The first kappa shape index (κ1) is 21.5. The van der Waals surface area contributed by atoms with Crippen LogP contribution in [0, 0.1) is 5.41 Å². The van der Waals surface area contributed by atoms with Gasteiger partial charge >= 0.3 is 12.1 Å². The molecule has 1 atom stereocenters. The summed E-state index contributed by atoms with van der Waals surface area (Å²) in [5.74, 6) is -0.249. The van der Waals surface area contributed by atoms with E-state index in [1.165, 1.54) is 4.90 Å². The molecule has 5 nitrogen and oxygen atoms in total. The van der Waals surface area contributed by atoms with Crippen molar-refractivity contribution in [1.82, 2.24) is 4.90 Å². The predicted octanol–water partition coefficient (Wildman–Crippen LogP) is 5.24. The minimum absolute atomic E-state index is 0.249. The van der Waals surface area contributed by atoms with Crippen molar-refractivity contribution in [3.8, 4) is 0 Å². The second-order valence-electron chi connectivity index (χ2n) is 9.19. The van der Waals surface area contributed by atoms with Gasteiger partial charge in [0, 0.05) is 18.0 Å². The van der Waals surface area contributed by atoms with Gasteiger partial charge in [-0.25, -0.2) is 4.79 Å². The zero-order valence-electron chi connectivity index (χ0n) is 17.1. The second-order valence-corrected chi connectivity index (χ2v) is 9.57. The first-order valence-corrected chi connectivity index (χ1v) is 9.70. The van der Waals surface area contributed by atoms with E-state index in [1.807, 2.05) is 53.7 Å². The molecule has 6 heteroatoms. The van der Waals surface area contributed by atoms with Crippen LogP contribution in [0.25, 0.3) is 0 Å². The number of ether oxygens (including phenoxy) is 1. The molecule has 0 aromatic heterocycles. The molecule has 0 spiro atoms. The molecule has 150 valence electrons. The zero-order valence-corrected chi connectivity index (χ0v) is 17.8. The number of benzene rings is 1. The molecule has 1 aliphatic rings. The Morgan fingerprint density at radius 1 is 1.22 bits per heavy atom. The summed E-state index contributed by atoms with van der Waals surface area (Å²) in [5, 5.41) is 10.2. The number of halogens is 1. The van der Waals surface area contributed by atoms with Crippen LogP contribution in [0.15, 0.2) is 12.1 Å². The molecule has 2 rings (SSSR count). The van der Waals surface area contributed by atoms with Gasteiger partial charge in [-0.05, 0) is 55.7 Å². The summed E-state index contributed by atoms with van der Waals surface area (Å²) in [7, 11) is 0. The van der Waals surface area contributed by atoms with Crippen molar-refractivity contribution in [2.45, 2.75) is 72.4 Å². The molecule has 1 aromatic rings. The van der Waals surface area contributed by atoms with Crippen LogP contribution in [0.4, 0.5) is 4.79 Å². The summed E-state index contributed by atoms with van der Waals surface area (Å²) in [6.45, 7) is 12.1. The van der Waals surface area contributed by atoms with Gasteiger partial charge in [0.05, 0.1) is 6.04 Å². The molecule has 0 radical (unpaired) electrons. The molecule has 0 fully saturated rings. The number of carboxylic acid groups (broad SMARTS) is 1. The van der Waals surface area contributed by atoms with Crippen LogP contribution in [-0.4, -0.2) is 34.2 Å². The number of nitrogens with zero attached hydrogens (tertiary/aromatic N) is 1. The maximum atomic E-state index is 12.0. The third-order valence-corrected chi connectivity index (χ3v) is 5.12. The Kier molecular flexibility index (Phi) is 6.15. The van der Waals surface area contributed by atoms with Gasteiger partial charge in [-0.1, -0.05) is 44.5 Å². The van der Waals surface area contributed by atoms with Crippen molar-refractivity contribution >= 4 is 23.7 Å². The third kappa shape index (κ3) is 5.16. The highest BCUT2D eigenvalue weighted by molar-refractivity contribution is 6.32. The smallest absolute Gasteiger partial charge is 0.407 e. The average molecular weight is 396 g/mol. The van der Waals surface area contributed by atoms with Crippen molar-refractivity contribution < 1.29 is 19.4 Å². The number of amides is 1. The normalized spacial score (nSPS) is 17.4.